The zero-order valence-electron chi connectivity index (χ0n) is 12.3. The highest BCUT2D eigenvalue weighted by Gasteiger charge is 2.10. The summed E-state index contributed by atoms with van der Waals surface area (Å²) in [4.78, 5) is 23.3. The van der Waals surface area contributed by atoms with E-state index in [0.717, 1.165) is 11.1 Å². The van der Waals surface area contributed by atoms with E-state index in [2.05, 4.69) is 0 Å². The van der Waals surface area contributed by atoms with Crippen LogP contribution in [0.25, 0.3) is 22.3 Å². The normalized spacial score (nSPS) is 10.6. The molecule has 0 aliphatic carbocycles. The lowest BCUT2D eigenvalue weighted by atomic mass is 10.1. The van der Waals surface area contributed by atoms with Crippen molar-refractivity contribution in [2.24, 2.45) is 0 Å². The molecule has 0 saturated heterocycles. The zero-order chi connectivity index (χ0) is 15.7. The van der Waals surface area contributed by atoms with Crippen LogP contribution in [0.15, 0.2) is 57.7 Å². The van der Waals surface area contributed by atoms with E-state index >= 15 is 0 Å². The van der Waals surface area contributed by atoms with Crippen LogP contribution >= 0.6 is 0 Å². The number of carbonyl (C=O) groups is 1. The number of ether oxygens (including phenoxy) is 1. The Balaban J connectivity index is 2.16. The third-order valence-corrected chi connectivity index (χ3v) is 3.37. The molecule has 0 unspecified atom stereocenters. The first-order valence-electron chi connectivity index (χ1n) is 6.87. The fourth-order valence-corrected chi connectivity index (χ4v) is 2.35. The Morgan fingerprint density at radius 3 is 2.59 bits per heavy atom. The van der Waals surface area contributed by atoms with Crippen molar-refractivity contribution < 1.29 is 13.9 Å². The Labute approximate surface area is 127 Å². The highest BCUT2D eigenvalue weighted by atomic mass is 16.5. The molecule has 0 bridgehead atoms. The number of carbonyl (C=O) groups excluding carboxylic acids is 1. The number of aryl methyl sites for hydroxylation is 1. The fourth-order valence-electron chi connectivity index (χ4n) is 2.35. The molecule has 0 spiro atoms. The maximum Gasteiger partial charge on any atom is 0.308 e. The molecule has 3 rings (SSSR count). The molecule has 0 atom stereocenters. The van der Waals surface area contributed by atoms with E-state index in [-0.39, 0.29) is 5.43 Å². The maximum absolute atomic E-state index is 12.3. The zero-order valence-corrected chi connectivity index (χ0v) is 12.3. The highest BCUT2D eigenvalue weighted by Crippen LogP contribution is 2.26. The third-order valence-electron chi connectivity index (χ3n) is 3.37. The first-order valence-corrected chi connectivity index (χ1v) is 6.87. The Hall–Kier alpha value is -2.88. The smallest absolute Gasteiger partial charge is 0.308 e. The first kappa shape index (κ1) is 14.1. The molecule has 0 saturated carbocycles. The summed E-state index contributed by atoms with van der Waals surface area (Å²) in [7, 11) is 0. The van der Waals surface area contributed by atoms with E-state index in [0.29, 0.717) is 22.5 Å². The summed E-state index contributed by atoms with van der Waals surface area (Å²) in [6, 6.07) is 13.9. The lowest BCUT2D eigenvalue weighted by Crippen LogP contribution is -2.04. The van der Waals surface area contributed by atoms with Crippen molar-refractivity contribution >= 4 is 16.9 Å². The van der Waals surface area contributed by atoms with Gasteiger partial charge < -0.3 is 9.15 Å². The molecule has 0 amide bonds. The standard InChI is InChI=1S/C18H14O4/c1-11-5-3-4-6-14(11)18-10-16(20)15-9-13(21-12(2)19)7-8-17(15)22-18/h3-10H,1-2H3. The van der Waals surface area contributed by atoms with E-state index in [4.69, 9.17) is 9.15 Å². The van der Waals surface area contributed by atoms with Crippen molar-refractivity contribution in [1.82, 2.24) is 0 Å². The summed E-state index contributed by atoms with van der Waals surface area (Å²) in [6.45, 7) is 3.28. The van der Waals surface area contributed by atoms with Gasteiger partial charge in [0.2, 0.25) is 0 Å². The van der Waals surface area contributed by atoms with Crippen LogP contribution in [0.3, 0.4) is 0 Å². The molecular formula is C18H14O4. The van der Waals surface area contributed by atoms with Gasteiger partial charge in [0.05, 0.1) is 5.39 Å². The van der Waals surface area contributed by atoms with Gasteiger partial charge in [-0.1, -0.05) is 24.3 Å². The van der Waals surface area contributed by atoms with Gasteiger partial charge in [0.15, 0.2) is 5.43 Å². The van der Waals surface area contributed by atoms with Crippen LogP contribution in [0.5, 0.6) is 5.75 Å². The van der Waals surface area contributed by atoms with Gasteiger partial charge in [-0.05, 0) is 30.7 Å². The van der Waals surface area contributed by atoms with Gasteiger partial charge >= 0.3 is 5.97 Å². The molecule has 0 radical (unpaired) electrons. The number of esters is 1. The number of fused-ring (bicyclic) bond motifs is 1. The largest absolute Gasteiger partial charge is 0.456 e. The van der Waals surface area contributed by atoms with Crippen LogP contribution in [0.1, 0.15) is 12.5 Å². The Morgan fingerprint density at radius 1 is 1.09 bits per heavy atom. The van der Waals surface area contributed by atoms with Crippen molar-refractivity contribution in [2.45, 2.75) is 13.8 Å². The van der Waals surface area contributed by atoms with E-state index in [1.807, 2.05) is 31.2 Å². The Bertz CT molecular complexity index is 922. The molecule has 2 aromatic carbocycles. The molecule has 0 aliphatic rings. The Morgan fingerprint density at radius 2 is 1.86 bits per heavy atom. The van der Waals surface area contributed by atoms with Gasteiger partial charge in [-0.25, -0.2) is 0 Å². The molecule has 1 heterocycles. The van der Waals surface area contributed by atoms with Crippen molar-refractivity contribution in [2.75, 3.05) is 0 Å². The summed E-state index contributed by atoms with van der Waals surface area (Å²) in [5.74, 6) is 0.423. The SMILES string of the molecule is CC(=O)Oc1ccc2oc(-c3ccccc3C)cc(=O)c2c1. The minimum atomic E-state index is -0.430. The van der Waals surface area contributed by atoms with Crippen LogP contribution in [0.2, 0.25) is 0 Å². The minimum Gasteiger partial charge on any atom is -0.456 e. The lowest BCUT2D eigenvalue weighted by Gasteiger charge is -2.07. The molecule has 1 aromatic heterocycles. The number of rotatable bonds is 2. The Kier molecular flexibility index (Phi) is 3.51. The number of hydrogen-bond donors (Lipinski definition) is 0. The highest BCUT2D eigenvalue weighted by molar-refractivity contribution is 5.81. The minimum absolute atomic E-state index is 0.173. The third kappa shape index (κ3) is 2.63. The van der Waals surface area contributed by atoms with Crippen molar-refractivity contribution in [3.05, 3.63) is 64.3 Å². The summed E-state index contributed by atoms with van der Waals surface area (Å²) in [6.07, 6.45) is 0. The average molecular weight is 294 g/mol. The predicted octanol–water partition coefficient (Wildman–Crippen LogP) is 3.69. The van der Waals surface area contributed by atoms with Crippen LogP contribution < -0.4 is 10.2 Å². The topological polar surface area (TPSA) is 56.5 Å². The van der Waals surface area contributed by atoms with Crippen LogP contribution in [-0.2, 0) is 4.79 Å². The first-order chi connectivity index (χ1) is 10.5. The molecule has 110 valence electrons. The van der Waals surface area contributed by atoms with Crippen LogP contribution in [-0.4, -0.2) is 5.97 Å². The van der Waals surface area contributed by atoms with Crippen molar-refractivity contribution in [1.29, 1.82) is 0 Å². The number of hydrogen-bond acceptors (Lipinski definition) is 4. The molecule has 0 fully saturated rings. The molecule has 4 nitrogen and oxygen atoms in total. The van der Waals surface area contributed by atoms with Gasteiger partial charge in [0, 0.05) is 18.6 Å². The van der Waals surface area contributed by atoms with Crippen molar-refractivity contribution in [3.63, 3.8) is 0 Å². The second kappa shape index (κ2) is 5.48. The van der Waals surface area contributed by atoms with Crippen LogP contribution in [0.4, 0.5) is 0 Å². The summed E-state index contributed by atoms with van der Waals surface area (Å²) < 4.78 is 10.8. The monoisotopic (exact) mass is 294 g/mol. The van der Waals surface area contributed by atoms with Gasteiger partial charge in [-0.15, -0.1) is 0 Å². The molecular weight excluding hydrogens is 280 g/mol. The molecule has 3 aromatic rings. The van der Waals surface area contributed by atoms with E-state index in [1.54, 1.807) is 12.1 Å². The molecule has 0 aliphatic heterocycles. The second-order valence-electron chi connectivity index (χ2n) is 5.04. The summed E-state index contributed by atoms with van der Waals surface area (Å²) in [5, 5.41) is 0.385. The average Bonchev–Trinajstić information content (AvgIpc) is 2.47. The molecule has 4 heteroatoms. The van der Waals surface area contributed by atoms with E-state index < -0.39 is 5.97 Å². The lowest BCUT2D eigenvalue weighted by molar-refractivity contribution is -0.131. The van der Waals surface area contributed by atoms with E-state index in [1.165, 1.54) is 19.1 Å². The van der Waals surface area contributed by atoms with Gasteiger partial charge in [0.25, 0.3) is 0 Å². The van der Waals surface area contributed by atoms with Gasteiger partial charge in [-0.3, -0.25) is 9.59 Å². The predicted molar refractivity (Wildman–Crippen MR) is 84.0 cm³/mol. The quantitative estimate of drug-likeness (QED) is 0.534. The van der Waals surface area contributed by atoms with Crippen LogP contribution in [0, 0.1) is 6.92 Å². The van der Waals surface area contributed by atoms with E-state index in [9.17, 15) is 9.59 Å². The van der Waals surface area contributed by atoms with Gasteiger partial charge in [0.1, 0.15) is 17.1 Å². The summed E-state index contributed by atoms with van der Waals surface area (Å²) >= 11 is 0. The maximum atomic E-state index is 12.3. The van der Waals surface area contributed by atoms with Gasteiger partial charge in [-0.2, -0.15) is 0 Å². The fraction of sp³-hybridized carbons (Fsp3) is 0.111. The second-order valence-corrected chi connectivity index (χ2v) is 5.04. The summed E-state index contributed by atoms with van der Waals surface area (Å²) in [5.41, 5.74) is 2.20. The molecule has 22 heavy (non-hydrogen) atoms. The number of benzene rings is 2. The molecule has 0 N–H and O–H groups in total. The van der Waals surface area contributed by atoms with Crippen molar-refractivity contribution in [3.8, 4) is 17.1 Å².